The van der Waals surface area contributed by atoms with Crippen LogP contribution in [-0.4, -0.2) is 0 Å². The van der Waals surface area contributed by atoms with E-state index >= 15 is 0 Å². The Morgan fingerprint density at radius 3 is 1.84 bits per heavy atom. The van der Waals surface area contributed by atoms with E-state index in [4.69, 9.17) is 8.83 Å². The fraction of sp³-hybridized carbons (Fsp3) is 0. The summed E-state index contributed by atoms with van der Waals surface area (Å²) >= 11 is 1.86. The second-order valence-corrected chi connectivity index (χ2v) is 12.3. The molecule has 0 aliphatic rings. The van der Waals surface area contributed by atoms with E-state index in [1.807, 2.05) is 29.7 Å². The van der Waals surface area contributed by atoms with Crippen LogP contribution in [0.15, 0.2) is 142 Å². The minimum atomic E-state index is 0.844. The summed E-state index contributed by atoms with van der Waals surface area (Å²) < 4.78 is 15.2. The maximum atomic E-state index is 6.42. The second kappa shape index (κ2) is 8.57. The van der Waals surface area contributed by atoms with Gasteiger partial charge in [-0.25, -0.2) is 0 Å². The van der Waals surface area contributed by atoms with E-state index < -0.39 is 0 Å². The van der Waals surface area contributed by atoms with Gasteiger partial charge < -0.3 is 8.83 Å². The quantitative estimate of drug-likeness (QED) is 0.195. The van der Waals surface area contributed by atoms with Crippen molar-refractivity contribution in [3.05, 3.63) is 134 Å². The van der Waals surface area contributed by atoms with E-state index in [1.54, 1.807) is 0 Å². The summed E-state index contributed by atoms with van der Waals surface area (Å²) in [5, 5.41) is 10.7. The molecule has 43 heavy (non-hydrogen) atoms. The van der Waals surface area contributed by atoms with Crippen molar-refractivity contribution in [2.75, 3.05) is 0 Å². The molecule has 0 spiro atoms. The highest BCUT2D eigenvalue weighted by Gasteiger charge is 2.22. The predicted molar refractivity (Wildman–Crippen MR) is 182 cm³/mol. The first-order valence-electron chi connectivity index (χ1n) is 14.5. The van der Waals surface area contributed by atoms with Crippen LogP contribution < -0.4 is 0 Å². The fourth-order valence-corrected chi connectivity index (χ4v) is 8.19. The van der Waals surface area contributed by atoms with Gasteiger partial charge in [0.15, 0.2) is 0 Å². The number of fused-ring (bicyclic) bond motifs is 10. The van der Waals surface area contributed by atoms with E-state index in [0.29, 0.717) is 0 Å². The molecule has 7 aromatic carbocycles. The van der Waals surface area contributed by atoms with Gasteiger partial charge in [-0.15, -0.1) is 11.3 Å². The molecule has 0 amide bonds. The molecule has 0 saturated carbocycles. The zero-order chi connectivity index (χ0) is 28.1. The Bertz CT molecular complexity index is 2680. The Morgan fingerprint density at radius 1 is 0.442 bits per heavy atom. The zero-order valence-corrected chi connectivity index (χ0v) is 23.7. The Kier molecular flexibility index (Phi) is 4.63. The van der Waals surface area contributed by atoms with Gasteiger partial charge in [-0.2, -0.15) is 0 Å². The SMILES string of the molecule is c1ccc2c(c1)oc1ccc3c(-c4c5ccccc5c(-c5ccc6sc7ccccc7c6c5)c5ccccc45)coc3c12. The van der Waals surface area contributed by atoms with Gasteiger partial charge in [0.2, 0.25) is 0 Å². The molecule has 3 heteroatoms. The van der Waals surface area contributed by atoms with Crippen LogP contribution in [-0.2, 0) is 0 Å². The molecule has 0 unspecified atom stereocenters. The van der Waals surface area contributed by atoms with Crippen molar-refractivity contribution in [2.24, 2.45) is 0 Å². The summed E-state index contributed by atoms with van der Waals surface area (Å²) in [6, 6.07) is 45.7. The molecule has 3 aromatic heterocycles. The molecule has 0 atom stereocenters. The van der Waals surface area contributed by atoms with Crippen LogP contribution in [0.25, 0.3) is 96.9 Å². The molecule has 0 N–H and O–H groups in total. The average molecular weight is 567 g/mol. The Balaban J connectivity index is 1.31. The van der Waals surface area contributed by atoms with E-state index in [0.717, 1.165) is 38.5 Å². The number of para-hydroxylation sites is 1. The van der Waals surface area contributed by atoms with Crippen LogP contribution in [0.4, 0.5) is 0 Å². The maximum absolute atomic E-state index is 6.42. The monoisotopic (exact) mass is 566 g/mol. The average Bonchev–Trinajstić information content (AvgIpc) is 3.76. The summed E-state index contributed by atoms with van der Waals surface area (Å²) in [5.41, 5.74) is 7.38. The van der Waals surface area contributed by atoms with E-state index in [9.17, 15) is 0 Å². The topological polar surface area (TPSA) is 26.3 Å². The second-order valence-electron chi connectivity index (χ2n) is 11.2. The minimum absolute atomic E-state index is 0.844. The van der Waals surface area contributed by atoms with Gasteiger partial charge in [0.25, 0.3) is 0 Å². The summed E-state index contributed by atoms with van der Waals surface area (Å²) in [5.74, 6) is 0. The molecule has 10 aromatic rings. The van der Waals surface area contributed by atoms with Gasteiger partial charge in [-0.05, 0) is 69.1 Å². The molecule has 0 saturated heterocycles. The highest BCUT2D eigenvalue weighted by molar-refractivity contribution is 7.25. The number of hydrogen-bond acceptors (Lipinski definition) is 3. The van der Waals surface area contributed by atoms with E-state index in [-0.39, 0.29) is 0 Å². The third-order valence-corrected chi connectivity index (χ3v) is 10.1. The number of hydrogen-bond donors (Lipinski definition) is 0. The van der Waals surface area contributed by atoms with Crippen molar-refractivity contribution >= 4 is 86.0 Å². The number of rotatable bonds is 2. The number of thiophene rings is 1. The predicted octanol–water partition coefficient (Wildman–Crippen LogP) is 12.3. The van der Waals surface area contributed by atoms with Gasteiger partial charge in [-0.1, -0.05) is 91.0 Å². The highest BCUT2D eigenvalue weighted by atomic mass is 32.1. The van der Waals surface area contributed by atoms with Crippen LogP contribution in [0, 0.1) is 0 Å². The number of benzene rings is 7. The lowest BCUT2D eigenvalue weighted by molar-refractivity contribution is 0.619. The van der Waals surface area contributed by atoms with Gasteiger partial charge in [0, 0.05) is 42.1 Å². The van der Waals surface area contributed by atoms with Gasteiger partial charge in [0.05, 0.1) is 11.6 Å². The molecule has 0 bridgehead atoms. The molecule has 0 fully saturated rings. The first kappa shape index (κ1) is 23.2. The fourth-order valence-electron chi connectivity index (χ4n) is 7.11. The van der Waals surface area contributed by atoms with Crippen molar-refractivity contribution in [1.29, 1.82) is 0 Å². The van der Waals surface area contributed by atoms with E-state index in [1.165, 1.54) is 58.4 Å². The zero-order valence-electron chi connectivity index (χ0n) is 22.9. The molecule has 0 aliphatic heterocycles. The van der Waals surface area contributed by atoms with Crippen molar-refractivity contribution < 1.29 is 8.83 Å². The summed E-state index contributed by atoms with van der Waals surface area (Å²) in [6.45, 7) is 0. The third kappa shape index (κ3) is 3.17. The standard InChI is InChI=1S/C40H22O2S/c1-3-12-27-25(10-1)37(23-17-20-36-31(21-23)24-9-6-8-16-35(24)43-36)26-11-2-4-13-28(26)38(27)32-22-41-40-29(32)18-19-34-39(40)30-14-5-7-15-33(30)42-34/h1-22H. The van der Waals surface area contributed by atoms with E-state index in [2.05, 4.69) is 115 Å². The van der Waals surface area contributed by atoms with Crippen molar-refractivity contribution in [3.8, 4) is 22.3 Å². The lowest BCUT2D eigenvalue weighted by atomic mass is 9.85. The van der Waals surface area contributed by atoms with Crippen LogP contribution in [0.1, 0.15) is 0 Å². The lowest BCUT2D eigenvalue weighted by Crippen LogP contribution is -1.90. The van der Waals surface area contributed by atoms with Gasteiger partial charge >= 0.3 is 0 Å². The summed E-state index contributed by atoms with van der Waals surface area (Å²) in [6.07, 6.45) is 1.93. The minimum Gasteiger partial charge on any atom is -0.463 e. The largest absolute Gasteiger partial charge is 0.463 e. The van der Waals surface area contributed by atoms with Crippen LogP contribution in [0.2, 0.25) is 0 Å². The van der Waals surface area contributed by atoms with Crippen LogP contribution in [0.5, 0.6) is 0 Å². The lowest BCUT2D eigenvalue weighted by Gasteiger charge is -2.17. The molecule has 0 radical (unpaired) electrons. The Labute approximate surface area is 250 Å². The summed E-state index contributed by atoms with van der Waals surface area (Å²) in [4.78, 5) is 0. The van der Waals surface area contributed by atoms with Gasteiger partial charge in [0.1, 0.15) is 16.7 Å². The smallest absolute Gasteiger partial charge is 0.146 e. The molecule has 3 heterocycles. The first-order valence-corrected chi connectivity index (χ1v) is 15.3. The third-order valence-electron chi connectivity index (χ3n) is 8.95. The Morgan fingerprint density at radius 2 is 1.07 bits per heavy atom. The molecule has 2 nitrogen and oxygen atoms in total. The van der Waals surface area contributed by atoms with Crippen LogP contribution >= 0.6 is 11.3 Å². The number of furan rings is 2. The van der Waals surface area contributed by atoms with Crippen molar-refractivity contribution in [1.82, 2.24) is 0 Å². The molecular formula is C40H22O2S. The Hall–Kier alpha value is -5.38. The van der Waals surface area contributed by atoms with Crippen LogP contribution in [0.3, 0.4) is 0 Å². The first-order chi connectivity index (χ1) is 21.3. The van der Waals surface area contributed by atoms with Gasteiger partial charge in [-0.3, -0.25) is 0 Å². The molecule has 0 aliphatic carbocycles. The maximum Gasteiger partial charge on any atom is 0.146 e. The van der Waals surface area contributed by atoms with Crippen molar-refractivity contribution in [2.45, 2.75) is 0 Å². The summed E-state index contributed by atoms with van der Waals surface area (Å²) in [7, 11) is 0. The molecule has 10 rings (SSSR count). The highest BCUT2D eigenvalue weighted by Crippen LogP contribution is 2.48. The van der Waals surface area contributed by atoms with Crippen molar-refractivity contribution in [3.63, 3.8) is 0 Å². The molecular weight excluding hydrogens is 545 g/mol. The normalized spacial score (nSPS) is 12.2. The molecule has 200 valence electrons.